The Morgan fingerprint density at radius 1 is 1.26 bits per heavy atom. The van der Waals surface area contributed by atoms with Crippen molar-refractivity contribution in [3.8, 4) is 0 Å². The fourth-order valence-corrected chi connectivity index (χ4v) is 2.25. The highest BCUT2D eigenvalue weighted by Gasteiger charge is 2.17. The lowest BCUT2D eigenvalue weighted by Crippen LogP contribution is -2.22. The predicted octanol–water partition coefficient (Wildman–Crippen LogP) is 4.62. The minimum absolute atomic E-state index is 0.117. The van der Waals surface area contributed by atoms with Gasteiger partial charge in [0.25, 0.3) is 0 Å². The summed E-state index contributed by atoms with van der Waals surface area (Å²) in [5, 5.41) is 3.97. The Kier molecular flexibility index (Phi) is 4.86. The second-order valence-electron chi connectivity index (χ2n) is 4.19. The molecule has 1 N–H and O–H groups in total. The molecule has 1 aromatic heterocycles. The molecule has 102 valence electrons. The molecular weight excluding hydrogens is 288 g/mol. The van der Waals surface area contributed by atoms with E-state index in [1.807, 2.05) is 6.92 Å². The van der Waals surface area contributed by atoms with Crippen molar-refractivity contribution in [1.29, 1.82) is 0 Å². The van der Waals surface area contributed by atoms with Crippen molar-refractivity contribution in [3.63, 3.8) is 0 Å². The van der Waals surface area contributed by atoms with Crippen LogP contribution in [0.1, 0.15) is 24.3 Å². The van der Waals surface area contributed by atoms with Gasteiger partial charge < -0.3 is 9.73 Å². The van der Waals surface area contributed by atoms with Gasteiger partial charge in [-0.1, -0.05) is 24.6 Å². The van der Waals surface area contributed by atoms with Gasteiger partial charge in [0, 0.05) is 5.02 Å². The van der Waals surface area contributed by atoms with Crippen molar-refractivity contribution in [2.45, 2.75) is 19.4 Å². The maximum absolute atomic E-state index is 13.8. The summed E-state index contributed by atoms with van der Waals surface area (Å²) in [5.74, 6) is 0.384. The molecule has 1 heterocycles. The number of hydrogen-bond acceptors (Lipinski definition) is 2. The third-order valence-corrected chi connectivity index (χ3v) is 3.27. The first-order chi connectivity index (χ1) is 9.10. The van der Waals surface area contributed by atoms with E-state index in [1.54, 1.807) is 24.3 Å². The van der Waals surface area contributed by atoms with Crippen molar-refractivity contribution >= 4 is 23.2 Å². The van der Waals surface area contributed by atoms with Gasteiger partial charge >= 0.3 is 0 Å². The van der Waals surface area contributed by atoms with Gasteiger partial charge in [-0.05, 0) is 54.4 Å². The van der Waals surface area contributed by atoms with E-state index >= 15 is 0 Å². The number of benzene rings is 1. The van der Waals surface area contributed by atoms with Crippen LogP contribution in [0.2, 0.25) is 10.2 Å². The van der Waals surface area contributed by atoms with Gasteiger partial charge in [0.2, 0.25) is 0 Å². The number of hydrogen-bond donors (Lipinski definition) is 1. The molecule has 1 unspecified atom stereocenters. The molecule has 0 saturated carbocycles. The number of halogens is 3. The van der Waals surface area contributed by atoms with Gasteiger partial charge in [-0.3, -0.25) is 0 Å². The Balaban J connectivity index is 2.21. The molecule has 5 heteroatoms. The quantitative estimate of drug-likeness (QED) is 0.872. The van der Waals surface area contributed by atoms with Gasteiger partial charge in [-0.15, -0.1) is 0 Å². The lowest BCUT2D eigenvalue weighted by Gasteiger charge is -2.16. The van der Waals surface area contributed by atoms with Crippen LogP contribution in [-0.4, -0.2) is 6.54 Å². The van der Waals surface area contributed by atoms with E-state index in [9.17, 15) is 4.39 Å². The van der Waals surface area contributed by atoms with Crippen LogP contribution in [0, 0.1) is 5.82 Å². The average molecular weight is 302 g/mol. The molecule has 19 heavy (non-hydrogen) atoms. The molecule has 1 aromatic carbocycles. The molecule has 0 amide bonds. The average Bonchev–Trinajstić information content (AvgIpc) is 2.78. The molecule has 0 aliphatic rings. The van der Waals surface area contributed by atoms with Crippen LogP contribution in [0.15, 0.2) is 34.7 Å². The first-order valence-corrected chi connectivity index (χ1v) is 6.78. The third kappa shape index (κ3) is 3.72. The van der Waals surface area contributed by atoms with Crippen molar-refractivity contribution in [2.24, 2.45) is 0 Å². The second-order valence-corrected chi connectivity index (χ2v) is 5.00. The Bertz CT molecular complexity index is 556. The molecule has 0 bridgehead atoms. The predicted molar refractivity (Wildman–Crippen MR) is 75.2 cm³/mol. The van der Waals surface area contributed by atoms with Gasteiger partial charge in [0.15, 0.2) is 5.22 Å². The minimum atomic E-state index is -0.312. The smallest absolute Gasteiger partial charge is 0.193 e. The van der Waals surface area contributed by atoms with Crippen molar-refractivity contribution in [1.82, 2.24) is 5.32 Å². The Morgan fingerprint density at radius 3 is 2.63 bits per heavy atom. The molecule has 0 fully saturated rings. The normalized spacial score (nSPS) is 12.6. The van der Waals surface area contributed by atoms with Gasteiger partial charge in [0.05, 0.1) is 6.04 Å². The molecular formula is C14H14Cl2FNO. The van der Waals surface area contributed by atoms with Crippen LogP contribution >= 0.6 is 23.2 Å². The lowest BCUT2D eigenvalue weighted by atomic mass is 10.0. The first-order valence-electron chi connectivity index (χ1n) is 6.02. The molecule has 2 aromatic rings. The van der Waals surface area contributed by atoms with Crippen LogP contribution in [0.5, 0.6) is 0 Å². The summed E-state index contributed by atoms with van der Waals surface area (Å²) in [6.45, 7) is 2.73. The highest BCUT2D eigenvalue weighted by atomic mass is 35.5. The Hall–Kier alpha value is -1.03. The molecule has 0 spiro atoms. The van der Waals surface area contributed by atoms with Gasteiger partial charge in [-0.25, -0.2) is 4.39 Å². The minimum Gasteiger partial charge on any atom is -0.448 e. The SMILES string of the molecule is CCNC(Cc1ccc(Cl)cc1F)c1ccc(Cl)o1. The van der Waals surface area contributed by atoms with Crippen LogP contribution in [0.3, 0.4) is 0 Å². The van der Waals surface area contributed by atoms with E-state index in [-0.39, 0.29) is 11.9 Å². The number of rotatable bonds is 5. The fraction of sp³-hybridized carbons (Fsp3) is 0.286. The van der Waals surface area contributed by atoms with E-state index < -0.39 is 0 Å². The summed E-state index contributed by atoms with van der Waals surface area (Å²) >= 11 is 11.5. The summed E-state index contributed by atoms with van der Waals surface area (Å²) in [7, 11) is 0. The third-order valence-electron chi connectivity index (χ3n) is 2.83. The standard InChI is InChI=1S/C14H14Cl2FNO/c1-2-18-12(13-5-6-14(16)19-13)7-9-3-4-10(15)8-11(9)17/h3-6,8,12,18H,2,7H2,1H3. The maximum Gasteiger partial charge on any atom is 0.193 e. The Labute approximate surface area is 121 Å². The summed E-state index contributed by atoms with van der Waals surface area (Å²) < 4.78 is 19.2. The summed E-state index contributed by atoms with van der Waals surface area (Å²) in [6, 6.07) is 8.04. The van der Waals surface area contributed by atoms with Gasteiger partial charge in [0.1, 0.15) is 11.6 Å². The molecule has 0 saturated heterocycles. The van der Waals surface area contributed by atoms with Gasteiger partial charge in [-0.2, -0.15) is 0 Å². The maximum atomic E-state index is 13.8. The summed E-state index contributed by atoms with van der Waals surface area (Å²) in [5.41, 5.74) is 0.586. The molecule has 0 aliphatic heterocycles. The van der Waals surface area contributed by atoms with E-state index in [0.717, 1.165) is 6.54 Å². The number of likely N-dealkylation sites (N-methyl/N-ethyl adjacent to an activating group) is 1. The van der Waals surface area contributed by atoms with Crippen molar-refractivity contribution in [2.75, 3.05) is 6.54 Å². The topological polar surface area (TPSA) is 25.2 Å². The second kappa shape index (κ2) is 6.42. The van der Waals surface area contributed by atoms with Crippen LogP contribution in [0.4, 0.5) is 4.39 Å². The Morgan fingerprint density at radius 2 is 2.05 bits per heavy atom. The van der Waals surface area contributed by atoms with Crippen molar-refractivity contribution in [3.05, 3.63) is 57.7 Å². The summed E-state index contributed by atoms with van der Waals surface area (Å²) in [4.78, 5) is 0. The largest absolute Gasteiger partial charge is 0.448 e. The van der Waals surface area contributed by atoms with Crippen LogP contribution in [0.25, 0.3) is 0 Å². The molecule has 2 rings (SSSR count). The molecule has 2 nitrogen and oxygen atoms in total. The van der Waals surface area contributed by atoms with E-state index in [2.05, 4.69) is 5.32 Å². The van der Waals surface area contributed by atoms with E-state index in [4.69, 9.17) is 27.6 Å². The highest BCUT2D eigenvalue weighted by Crippen LogP contribution is 2.25. The zero-order chi connectivity index (χ0) is 13.8. The molecule has 0 aliphatic carbocycles. The zero-order valence-electron chi connectivity index (χ0n) is 10.4. The monoisotopic (exact) mass is 301 g/mol. The molecule has 1 atom stereocenters. The van der Waals surface area contributed by atoms with E-state index in [0.29, 0.717) is 28.0 Å². The van der Waals surface area contributed by atoms with E-state index in [1.165, 1.54) is 6.07 Å². The summed E-state index contributed by atoms with van der Waals surface area (Å²) in [6.07, 6.45) is 0.473. The fourth-order valence-electron chi connectivity index (χ4n) is 1.94. The number of furan rings is 1. The highest BCUT2D eigenvalue weighted by molar-refractivity contribution is 6.30. The zero-order valence-corrected chi connectivity index (χ0v) is 11.9. The van der Waals surface area contributed by atoms with Crippen LogP contribution in [-0.2, 0) is 6.42 Å². The molecule has 0 radical (unpaired) electrons. The first kappa shape index (κ1) is 14.4. The number of nitrogens with one attached hydrogen (secondary N) is 1. The van der Waals surface area contributed by atoms with Crippen LogP contribution < -0.4 is 5.32 Å². The lowest BCUT2D eigenvalue weighted by molar-refractivity contribution is 0.413. The van der Waals surface area contributed by atoms with Crippen molar-refractivity contribution < 1.29 is 8.81 Å².